The van der Waals surface area contributed by atoms with E-state index in [4.69, 9.17) is 16.3 Å². The molecule has 1 aromatic heterocycles. The first-order chi connectivity index (χ1) is 11.0. The number of carboxylic acid groups (broad SMARTS) is 1. The average Bonchev–Trinajstić information content (AvgIpc) is 2.94. The zero-order chi connectivity index (χ0) is 16.8. The van der Waals surface area contributed by atoms with Gasteiger partial charge in [0.05, 0.1) is 13.1 Å². The van der Waals surface area contributed by atoms with E-state index in [1.165, 1.54) is 13.2 Å². The van der Waals surface area contributed by atoms with Gasteiger partial charge in [0.2, 0.25) is 5.16 Å². The number of carbonyl (C=O) groups excluding carboxylic acids is 1. The number of hydrogen-bond acceptors (Lipinski definition) is 6. The van der Waals surface area contributed by atoms with Crippen LogP contribution in [0.4, 0.5) is 0 Å². The average molecular weight is 353 g/mol. The van der Waals surface area contributed by atoms with Crippen molar-refractivity contribution in [1.82, 2.24) is 15.2 Å². The van der Waals surface area contributed by atoms with Gasteiger partial charge in [0.1, 0.15) is 11.6 Å². The van der Waals surface area contributed by atoms with Gasteiger partial charge in [-0.2, -0.15) is 0 Å². The first-order valence-electron chi connectivity index (χ1n) is 6.89. The number of carbonyl (C=O) groups is 1. The summed E-state index contributed by atoms with van der Waals surface area (Å²) in [6.45, 7) is 2.02. The maximum absolute atomic E-state index is 11.4. The minimum absolute atomic E-state index is 0.0346. The molecule has 2 rings (SSSR count). The van der Waals surface area contributed by atoms with Gasteiger partial charge in [-0.25, -0.2) is 4.98 Å². The Morgan fingerprint density at radius 2 is 2.30 bits per heavy atom. The number of nitrogens with one attached hydrogen (secondary N) is 1. The van der Waals surface area contributed by atoms with Crippen LogP contribution in [0, 0.1) is 0 Å². The highest BCUT2D eigenvalue weighted by molar-refractivity contribution is 8.04. The normalized spacial score (nSPS) is 11.5. The second-order valence-electron chi connectivity index (χ2n) is 4.60. The van der Waals surface area contributed by atoms with Crippen LogP contribution < -0.4 is 9.84 Å². The van der Waals surface area contributed by atoms with E-state index in [2.05, 4.69) is 15.2 Å². The third-order valence-electron chi connectivity index (χ3n) is 2.88. The van der Waals surface area contributed by atoms with Crippen LogP contribution in [0.25, 0.3) is 6.08 Å². The van der Waals surface area contributed by atoms with Gasteiger partial charge in [0.15, 0.2) is 0 Å². The Morgan fingerprint density at radius 3 is 2.96 bits per heavy atom. The van der Waals surface area contributed by atoms with Gasteiger partial charge in [-0.15, -0.1) is 5.10 Å². The predicted molar refractivity (Wildman–Crippen MR) is 87.2 cm³/mol. The van der Waals surface area contributed by atoms with Gasteiger partial charge in [-0.1, -0.05) is 18.5 Å². The highest BCUT2D eigenvalue weighted by atomic mass is 35.5. The zero-order valence-electron chi connectivity index (χ0n) is 12.6. The Morgan fingerprint density at radius 1 is 1.52 bits per heavy atom. The Kier molecular flexibility index (Phi) is 6.06. The van der Waals surface area contributed by atoms with Gasteiger partial charge >= 0.3 is 0 Å². The Labute approximate surface area is 142 Å². The SMILES string of the molecule is CCCc1nc(S/C(=C\c2cc(Cl)ccc2OC)C(=O)[O-])n[nH]1. The van der Waals surface area contributed by atoms with Crippen molar-refractivity contribution in [1.29, 1.82) is 0 Å². The smallest absolute Gasteiger partial charge is 0.213 e. The first kappa shape index (κ1) is 17.4. The molecule has 0 saturated carbocycles. The molecule has 8 heteroatoms. The van der Waals surface area contributed by atoms with Crippen molar-refractivity contribution in [2.24, 2.45) is 0 Å². The monoisotopic (exact) mass is 352 g/mol. The fourth-order valence-corrected chi connectivity index (χ4v) is 2.75. The summed E-state index contributed by atoms with van der Waals surface area (Å²) < 4.78 is 5.20. The number of aromatic amines is 1. The number of thioether (sulfide) groups is 1. The van der Waals surface area contributed by atoms with Crippen molar-refractivity contribution in [3.63, 3.8) is 0 Å². The minimum Gasteiger partial charge on any atom is -0.544 e. The van der Waals surface area contributed by atoms with Crippen molar-refractivity contribution < 1.29 is 14.6 Å². The number of aryl methyl sites for hydroxylation is 1. The third kappa shape index (κ3) is 4.74. The molecule has 0 saturated heterocycles. The van der Waals surface area contributed by atoms with Crippen molar-refractivity contribution >= 4 is 35.4 Å². The Balaban J connectivity index is 2.30. The molecule has 0 unspecified atom stereocenters. The van der Waals surface area contributed by atoms with Crippen LogP contribution in [-0.2, 0) is 11.2 Å². The fourth-order valence-electron chi connectivity index (χ4n) is 1.86. The quantitative estimate of drug-likeness (QED) is 0.607. The molecule has 0 aliphatic carbocycles. The number of halogens is 1. The number of rotatable bonds is 7. The number of aromatic nitrogens is 3. The van der Waals surface area contributed by atoms with Crippen LogP contribution in [0.1, 0.15) is 24.7 Å². The number of carboxylic acids is 1. The van der Waals surface area contributed by atoms with Gasteiger partial charge in [0, 0.05) is 21.9 Å². The largest absolute Gasteiger partial charge is 0.544 e. The number of aliphatic carboxylic acids is 1. The maximum Gasteiger partial charge on any atom is 0.213 e. The van der Waals surface area contributed by atoms with Crippen LogP contribution >= 0.6 is 23.4 Å². The molecule has 0 radical (unpaired) electrons. The number of methoxy groups -OCH3 is 1. The van der Waals surface area contributed by atoms with E-state index >= 15 is 0 Å². The topological polar surface area (TPSA) is 90.9 Å². The van der Waals surface area contributed by atoms with E-state index in [0.717, 1.165) is 24.6 Å². The number of ether oxygens (including phenoxy) is 1. The van der Waals surface area contributed by atoms with Crippen LogP contribution in [0.2, 0.25) is 5.02 Å². The van der Waals surface area contributed by atoms with Crippen molar-refractivity contribution in [3.05, 3.63) is 39.5 Å². The molecule has 122 valence electrons. The molecule has 2 aromatic rings. The molecule has 0 aliphatic rings. The summed E-state index contributed by atoms with van der Waals surface area (Å²) in [5.41, 5.74) is 0.538. The van der Waals surface area contributed by atoms with E-state index in [0.29, 0.717) is 27.3 Å². The van der Waals surface area contributed by atoms with E-state index < -0.39 is 5.97 Å². The Bertz CT molecular complexity index is 731. The molecule has 0 amide bonds. The van der Waals surface area contributed by atoms with Crippen LogP contribution in [-0.4, -0.2) is 28.3 Å². The molecule has 6 nitrogen and oxygen atoms in total. The van der Waals surface area contributed by atoms with Crippen molar-refractivity contribution in [3.8, 4) is 5.75 Å². The minimum atomic E-state index is -1.32. The van der Waals surface area contributed by atoms with Gasteiger partial charge in [-0.3, -0.25) is 5.10 Å². The van der Waals surface area contributed by atoms with Crippen LogP contribution in [0.3, 0.4) is 0 Å². The number of nitrogens with zero attached hydrogens (tertiary/aromatic N) is 2. The summed E-state index contributed by atoms with van der Waals surface area (Å²) in [7, 11) is 1.50. The van der Waals surface area contributed by atoms with Crippen LogP contribution in [0.5, 0.6) is 5.75 Å². The summed E-state index contributed by atoms with van der Waals surface area (Å²) in [6, 6.07) is 4.94. The second kappa shape index (κ2) is 8.03. The molecular weight excluding hydrogens is 338 g/mol. The van der Waals surface area contributed by atoms with Crippen molar-refractivity contribution in [2.75, 3.05) is 7.11 Å². The standard InChI is InChI=1S/C15H16ClN3O3S/c1-3-4-13-17-15(19-18-13)23-12(14(20)21)8-9-7-10(16)5-6-11(9)22-2/h5-8H,3-4H2,1-2H3,(H,20,21)(H,17,18,19)/p-1/b12-8-. The molecule has 1 N–H and O–H groups in total. The number of H-pyrrole nitrogens is 1. The molecule has 0 fully saturated rings. The Hall–Kier alpha value is -1.99. The summed E-state index contributed by atoms with van der Waals surface area (Å²) in [5, 5.41) is 19.0. The van der Waals surface area contributed by atoms with E-state index in [1.54, 1.807) is 18.2 Å². The molecule has 0 bridgehead atoms. The number of hydrogen-bond donors (Lipinski definition) is 1. The summed E-state index contributed by atoms with van der Waals surface area (Å²) in [5.74, 6) is -0.0951. The maximum atomic E-state index is 11.4. The van der Waals surface area contributed by atoms with Gasteiger partial charge in [0.25, 0.3) is 0 Å². The molecule has 1 heterocycles. The van der Waals surface area contributed by atoms with Crippen LogP contribution in [0.15, 0.2) is 28.3 Å². The fraction of sp³-hybridized carbons (Fsp3) is 0.267. The van der Waals surface area contributed by atoms with E-state index in [1.807, 2.05) is 6.92 Å². The second-order valence-corrected chi connectivity index (χ2v) is 6.04. The van der Waals surface area contributed by atoms with E-state index in [9.17, 15) is 9.90 Å². The molecular formula is C15H15ClN3O3S-. The molecule has 0 spiro atoms. The first-order valence-corrected chi connectivity index (χ1v) is 8.08. The molecule has 1 aromatic carbocycles. The number of benzene rings is 1. The molecule has 0 aliphatic heterocycles. The summed E-state index contributed by atoms with van der Waals surface area (Å²) >= 11 is 6.86. The zero-order valence-corrected chi connectivity index (χ0v) is 14.2. The predicted octanol–water partition coefficient (Wildman–Crippen LogP) is 2.30. The lowest BCUT2D eigenvalue weighted by Crippen LogP contribution is -2.23. The highest BCUT2D eigenvalue weighted by Crippen LogP contribution is 2.30. The lowest BCUT2D eigenvalue weighted by atomic mass is 10.2. The third-order valence-corrected chi connectivity index (χ3v) is 3.98. The van der Waals surface area contributed by atoms with Gasteiger partial charge in [-0.05, 0) is 42.5 Å². The highest BCUT2D eigenvalue weighted by Gasteiger charge is 2.10. The molecule has 0 atom stereocenters. The summed E-state index contributed by atoms with van der Waals surface area (Å²) in [4.78, 5) is 15.6. The van der Waals surface area contributed by atoms with E-state index in [-0.39, 0.29) is 4.91 Å². The lowest BCUT2D eigenvalue weighted by Gasteiger charge is -2.09. The summed E-state index contributed by atoms with van der Waals surface area (Å²) in [6.07, 6.45) is 3.10. The lowest BCUT2D eigenvalue weighted by molar-refractivity contribution is -0.297. The van der Waals surface area contributed by atoms with Crippen molar-refractivity contribution in [2.45, 2.75) is 24.9 Å². The van der Waals surface area contributed by atoms with Gasteiger partial charge < -0.3 is 14.6 Å². The molecule has 23 heavy (non-hydrogen) atoms.